The van der Waals surface area contributed by atoms with Gasteiger partial charge in [-0.2, -0.15) is 0 Å². The summed E-state index contributed by atoms with van der Waals surface area (Å²) in [7, 11) is 1.99. The molecule has 1 amide bonds. The highest BCUT2D eigenvalue weighted by Gasteiger charge is 2.16. The Kier molecular flexibility index (Phi) is 5.11. The van der Waals surface area contributed by atoms with Gasteiger partial charge in [-0.05, 0) is 31.0 Å². The number of halogens is 2. The summed E-state index contributed by atoms with van der Waals surface area (Å²) < 4.78 is 0. The summed E-state index contributed by atoms with van der Waals surface area (Å²) in [5.74, 6) is 0.208. The highest BCUT2D eigenvalue weighted by Crippen LogP contribution is 2.30. The predicted molar refractivity (Wildman–Crippen MR) is 116 cm³/mol. The zero-order valence-corrected chi connectivity index (χ0v) is 16.5. The molecule has 4 rings (SSSR count). The van der Waals surface area contributed by atoms with Gasteiger partial charge in [0.2, 0.25) is 5.95 Å². The molecule has 9 heteroatoms. The topological polar surface area (TPSA) is 82.7 Å². The third-order valence-corrected chi connectivity index (χ3v) is 5.07. The summed E-state index contributed by atoms with van der Waals surface area (Å²) in [6.45, 7) is 0. The van der Waals surface area contributed by atoms with E-state index >= 15 is 0 Å². The van der Waals surface area contributed by atoms with Gasteiger partial charge in [-0.25, -0.2) is 9.97 Å². The fraction of sp³-hybridized carbons (Fsp3) is 0.105. The average molecular weight is 412 g/mol. The zero-order chi connectivity index (χ0) is 19.7. The van der Waals surface area contributed by atoms with Crippen LogP contribution in [-0.4, -0.2) is 28.7 Å². The average Bonchev–Trinajstić information content (AvgIpc) is 3.08. The number of anilines is 2. The van der Waals surface area contributed by atoms with Crippen molar-refractivity contribution in [1.82, 2.24) is 15.0 Å². The standard InChI is InChI=1S/C19H16BCl2N5O/c20-11-4-6-12(7-5-11)24-18(28)10-8-15-17(23-9-10)27-19(25-15)26-16-13(21)2-1-3-14(16)22/h2,4-9H,1,3,20H2,(H,24,28)(H2,23,25,26,27). The first-order valence-corrected chi connectivity index (χ1v) is 9.50. The molecule has 0 spiro atoms. The van der Waals surface area contributed by atoms with Crippen LogP contribution in [0.2, 0.25) is 0 Å². The lowest BCUT2D eigenvalue weighted by Crippen LogP contribution is -2.13. The summed E-state index contributed by atoms with van der Waals surface area (Å²) in [5, 5.41) is 7.17. The van der Waals surface area contributed by atoms with Gasteiger partial charge in [-0.1, -0.05) is 46.9 Å². The Labute approximate surface area is 172 Å². The van der Waals surface area contributed by atoms with Crippen LogP contribution >= 0.6 is 23.2 Å². The molecule has 6 nitrogen and oxygen atoms in total. The van der Waals surface area contributed by atoms with Crippen molar-refractivity contribution in [3.05, 3.63) is 63.9 Å². The second-order valence-corrected chi connectivity index (χ2v) is 7.36. The molecule has 3 aromatic rings. The number of rotatable bonds is 4. The van der Waals surface area contributed by atoms with E-state index in [0.717, 1.165) is 24.0 Å². The van der Waals surface area contributed by atoms with Gasteiger partial charge >= 0.3 is 0 Å². The summed E-state index contributed by atoms with van der Waals surface area (Å²) in [5.41, 5.74) is 4.01. The number of allylic oxidation sites excluding steroid dienone is 3. The molecular formula is C19H16BCl2N5O. The second-order valence-electron chi connectivity index (χ2n) is 6.49. The van der Waals surface area contributed by atoms with Crippen LogP contribution in [0.3, 0.4) is 0 Å². The van der Waals surface area contributed by atoms with Gasteiger partial charge in [0.1, 0.15) is 13.4 Å². The van der Waals surface area contributed by atoms with E-state index in [1.54, 1.807) is 6.07 Å². The number of pyridine rings is 1. The predicted octanol–water partition coefficient (Wildman–Crippen LogP) is 3.25. The molecule has 3 N–H and O–H groups in total. The van der Waals surface area contributed by atoms with E-state index in [1.165, 1.54) is 6.20 Å². The van der Waals surface area contributed by atoms with Gasteiger partial charge in [0, 0.05) is 16.9 Å². The molecule has 0 radical (unpaired) electrons. The van der Waals surface area contributed by atoms with Gasteiger partial charge in [0.15, 0.2) is 5.65 Å². The van der Waals surface area contributed by atoms with Gasteiger partial charge < -0.3 is 15.6 Å². The number of hydrogen-bond acceptors (Lipinski definition) is 4. The van der Waals surface area contributed by atoms with Crippen molar-refractivity contribution < 1.29 is 4.79 Å². The molecule has 140 valence electrons. The van der Waals surface area contributed by atoms with Gasteiger partial charge in [0.05, 0.1) is 16.3 Å². The lowest BCUT2D eigenvalue weighted by molar-refractivity contribution is 0.102. The zero-order valence-electron chi connectivity index (χ0n) is 15.0. The van der Waals surface area contributed by atoms with Crippen LogP contribution in [0.15, 0.2) is 58.4 Å². The van der Waals surface area contributed by atoms with Crippen LogP contribution in [-0.2, 0) is 0 Å². The number of H-pyrrole nitrogens is 1. The normalized spacial score (nSPS) is 14.1. The van der Waals surface area contributed by atoms with E-state index in [4.69, 9.17) is 23.2 Å². The van der Waals surface area contributed by atoms with Crippen molar-refractivity contribution in [3.63, 3.8) is 0 Å². The van der Waals surface area contributed by atoms with Crippen molar-refractivity contribution in [2.45, 2.75) is 12.8 Å². The first-order valence-electron chi connectivity index (χ1n) is 8.75. The molecule has 0 fully saturated rings. The third-order valence-electron chi connectivity index (χ3n) is 4.35. The number of imidazole rings is 1. The number of nitrogens with zero attached hydrogens (tertiary/aromatic N) is 2. The number of carbonyl (C=O) groups is 1. The van der Waals surface area contributed by atoms with Crippen molar-refractivity contribution in [3.8, 4) is 0 Å². The Hall–Kier alpha value is -2.77. The number of fused-ring (bicyclic) bond motifs is 1. The highest BCUT2D eigenvalue weighted by atomic mass is 35.5. The number of nitrogens with one attached hydrogen (secondary N) is 3. The Morgan fingerprint density at radius 3 is 2.75 bits per heavy atom. The summed E-state index contributed by atoms with van der Waals surface area (Å²) in [6, 6.07) is 9.27. The van der Waals surface area contributed by atoms with Crippen molar-refractivity contribution in [2.75, 3.05) is 10.6 Å². The van der Waals surface area contributed by atoms with Gasteiger partial charge in [-0.3, -0.25) is 4.79 Å². The molecule has 2 heterocycles. The lowest BCUT2D eigenvalue weighted by Gasteiger charge is -2.14. The summed E-state index contributed by atoms with van der Waals surface area (Å²) in [6.07, 6.45) is 4.95. The van der Waals surface area contributed by atoms with Crippen LogP contribution in [0, 0.1) is 0 Å². The number of aromatic nitrogens is 3. The maximum absolute atomic E-state index is 12.5. The lowest BCUT2D eigenvalue weighted by atomic mass is 9.96. The smallest absolute Gasteiger partial charge is 0.257 e. The minimum absolute atomic E-state index is 0.250. The van der Waals surface area contributed by atoms with Gasteiger partial charge in [0.25, 0.3) is 5.91 Å². The fourth-order valence-corrected chi connectivity index (χ4v) is 3.42. The monoisotopic (exact) mass is 411 g/mol. The molecular weight excluding hydrogens is 396 g/mol. The Balaban J connectivity index is 1.55. The molecule has 0 bridgehead atoms. The Morgan fingerprint density at radius 2 is 2.00 bits per heavy atom. The Bertz CT molecular complexity index is 1120. The summed E-state index contributed by atoms with van der Waals surface area (Å²) in [4.78, 5) is 24.3. The molecule has 1 aliphatic carbocycles. The van der Waals surface area contributed by atoms with Crippen molar-refractivity contribution >= 4 is 65.2 Å². The maximum Gasteiger partial charge on any atom is 0.257 e. The number of amides is 1. The molecule has 0 unspecified atom stereocenters. The number of benzene rings is 1. The van der Waals surface area contributed by atoms with E-state index in [9.17, 15) is 4.79 Å². The van der Waals surface area contributed by atoms with E-state index < -0.39 is 0 Å². The second kappa shape index (κ2) is 7.69. The fourth-order valence-electron chi connectivity index (χ4n) is 2.85. The molecule has 1 aliphatic rings. The molecule has 28 heavy (non-hydrogen) atoms. The first-order chi connectivity index (χ1) is 13.5. The van der Waals surface area contributed by atoms with Crippen LogP contribution in [0.25, 0.3) is 11.2 Å². The Morgan fingerprint density at radius 1 is 1.21 bits per heavy atom. The van der Waals surface area contributed by atoms with Gasteiger partial charge in [-0.15, -0.1) is 0 Å². The molecule has 0 aliphatic heterocycles. The van der Waals surface area contributed by atoms with E-state index in [2.05, 4.69) is 25.6 Å². The van der Waals surface area contributed by atoms with E-state index in [0.29, 0.717) is 38.4 Å². The number of carbonyl (C=O) groups excluding carboxylic acids is 1. The molecule has 0 saturated carbocycles. The maximum atomic E-state index is 12.5. The van der Waals surface area contributed by atoms with Crippen LogP contribution in [0.1, 0.15) is 23.2 Å². The molecule has 2 aromatic heterocycles. The minimum atomic E-state index is -0.250. The van der Waals surface area contributed by atoms with Crippen LogP contribution in [0.5, 0.6) is 0 Å². The van der Waals surface area contributed by atoms with Crippen LogP contribution in [0.4, 0.5) is 11.6 Å². The van der Waals surface area contributed by atoms with Crippen molar-refractivity contribution in [2.24, 2.45) is 0 Å². The first kappa shape index (κ1) is 18.6. The SMILES string of the molecule is Bc1ccc(NC(=O)c2cnc3[nH]c(NC4=C(Cl)CCC=C4Cl)nc3c2)cc1. The third kappa shape index (κ3) is 3.91. The highest BCUT2D eigenvalue weighted by molar-refractivity contribution is 6.36. The molecule has 1 aromatic carbocycles. The quantitative estimate of drug-likeness (QED) is 0.575. The number of aromatic amines is 1. The largest absolute Gasteiger partial charge is 0.323 e. The summed E-state index contributed by atoms with van der Waals surface area (Å²) >= 11 is 12.5. The number of hydrogen-bond donors (Lipinski definition) is 3. The van der Waals surface area contributed by atoms with Crippen molar-refractivity contribution in [1.29, 1.82) is 0 Å². The van der Waals surface area contributed by atoms with Crippen LogP contribution < -0.4 is 16.1 Å². The molecule has 0 atom stereocenters. The van der Waals surface area contributed by atoms with E-state index in [-0.39, 0.29) is 5.91 Å². The molecule has 0 saturated heterocycles. The van der Waals surface area contributed by atoms with E-state index in [1.807, 2.05) is 38.2 Å². The minimum Gasteiger partial charge on any atom is -0.323 e.